The number of guanidine groups is 1. The molecule has 0 saturated heterocycles. The molecule has 184 valence electrons. The van der Waals surface area contributed by atoms with Crippen LogP contribution in [0, 0.1) is 28.6 Å². The molecular weight excluding hydrogens is 414 g/mol. The third-order valence-corrected chi connectivity index (χ3v) is 10.7. The molecule has 6 heteroatoms. The Morgan fingerprint density at radius 3 is 2.73 bits per heavy atom. The van der Waals surface area contributed by atoms with E-state index < -0.39 is 5.60 Å². The maximum Gasteiger partial charge on any atom is 0.185 e. The van der Waals surface area contributed by atoms with Crippen molar-refractivity contribution < 1.29 is 14.3 Å². The molecule has 5 N–H and O–H groups in total. The number of aliphatic hydroxyl groups is 1. The molecule has 8 atom stereocenters. The molecule has 3 unspecified atom stereocenters. The van der Waals surface area contributed by atoms with Gasteiger partial charge < -0.3 is 25.7 Å². The maximum absolute atomic E-state index is 12.3. The van der Waals surface area contributed by atoms with Crippen LogP contribution in [0.5, 0.6) is 0 Å². The molecule has 1 heterocycles. The van der Waals surface area contributed by atoms with Crippen molar-refractivity contribution in [3.8, 4) is 0 Å². The number of furan rings is 1. The Morgan fingerprint density at radius 1 is 1.12 bits per heavy atom. The first-order chi connectivity index (χ1) is 15.8. The second-order valence-corrected chi connectivity index (χ2v) is 11.9. The van der Waals surface area contributed by atoms with Gasteiger partial charge in [0.15, 0.2) is 5.96 Å². The Bertz CT molecular complexity index is 853. The predicted molar refractivity (Wildman–Crippen MR) is 130 cm³/mol. The van der Waals surface area contributed by atoms with Crippen LogP contribution in [-0.2, 0) is 4.74 Å². The SMILES string of the molecule is C[C@]12CCC(OCCCN=C(N)N)CC1CC[C@@H]1[C@H]2CC[C@]2(C)C(c3ccoc3)CC[C@@]12O. The first kappa shape index (κ1) is 23.2. The summed E-state index contributed by atoms with van der Waals surface area (Å²) in [7, 11) is 0. The topological polar surface area (TPSA) is 107 Å². The summed E-state index contributed by atoms with van der Waals surface area (Å²) in [4.78, 5) is 4.05. The van der Waals surface area contributed by atoms with Gasteiger partial charge in [0, 0.05) is 18.6 Å². The van der Waals surface area contributed by atoms with E-state index in [1.807, 2.05) is 6.26 Å². The minimum atomic E-state index is -0.551. The van der Waals surface area contributed by atoms with Gasteiger partial charge in [0.1, 0.15) is 0 Å². The highest BCUT2D eigenvalue weighted by molar-refractivity contribution is 5.75. The highest BCUT2D eigenvalue weighted by Crippen LogP contribution is 2.70. The van der Waals surface area contributed by atoms with E-state index in [0.717, 1.165) is 51.6 Å². The largest absolute Gasteiger partial charge is 0.472 e. The van der Waals surface area contributed by atoms with Crippen LogP contribution in [0.2, 0.25) is 0 Å². The van der Waals surface area contributed by atoms with Crippen LogP contribution in [0.25, 0.3) is 0 Å². The van der Waals surface area contributed by atoms with E-state index in [1.54, 1.807) is 6.26 Å². The normalized spacial score (nSPS) is 44.5. The highest BCUT2D eigenvalue weighted by Gasteiger charge is 2.67. The number of nitrogens with two attached hydrogens (primary N) is 2. The molecule has 0 amide bonds. The number of nitrogens with zero attached hydrogens (tertiary/aromatic N) is 1. The third-order valence-electron chi connectivity index (χ3n) is 10.7. The highest BCUT2D eigenvalue weighted by atomic mass is 16.5. The van der Waals surface area contributed by atoms with E-state index in [-0.39, 0.29) is 11.4 Å². The average Bonchev–Trinajstić information content (AvgIpc) is 3.39. The Balaban J connectivity index is 1.26. The first-order valence-corrected chi connectivity index (χ1v) is 13.2. The lowest BCUT2D eigenvalue weighted by atomic mass is 9.43. The van der Waals surface area contributed by atoms with E-state index in [4.69, 9.17) is 20.6 Å². The molecule has 1 aromatic rings. The summed E-state index contributed by atoms with van der Waals surface area (Å²) in [5, 5.41) is 12.3. The van der Waals surface area contributed by atoms with Crippen molar-refractivity contribution in [3.63, 3.8) is 0 Å². The third kappa shape index (κ3) is 3.72. The van der Waals surface area contributed by atoms with Gasteiger partial charge in [-0.3, -0.25) is 4.99 Å². The van der Waals surface area contributed by atoms with E-state index in [9.17, 15) is 5.11 Å². The predicted octanol–water partition coefficient (Wildman–Crippen LogP) is 4.57. The molecular formula is C27H43N3O3. The molecule has 0 aliphatic heterocycles. The fourth-order valence-corrected chi connectivity index (χ4v) is 8.87. The van der Waals surface area contributed by atoms with Gasteiger partial charge in [0.05, 0.1) is 24.2 Å². The van der Waals surface area contributed by atoms with Crippen molar-refractivity contribution in [1.82, 2.24) is 0 Å². The zero-order valence-corrected chi connectivity index (χ0v) is 20.5. The molecule has 4 aliphatic rings. The van der Waals surface area contributed by atoms with Gasteiger partial charge in [-0.05, 0) is 105 Å². The van der Waals surface area contributed by atoms with Gasteiger partial charge in [-0.15, -0.1) is 0 Å². The standard InChI is InChI=1S/C27H43N3O3/c1-25-10-6-20(33-14-3-13-30-24(28)29)16-19(25)4-5-23-22(25)7-11-26(2)21(8-12-27(23,26)31)18-9-15-32-17-18/h9,15,17,19-23,31H,3-8,10-14,16H2,1-2H3,(H4,28,29,30)/t19?,20?,21?,22-,23-,25+,26-,27-/m1/s1. The molecule has 33 heavy (non-hydrogen) atoms. The van der Waals surface area contributed by atoms with E-state index in [0.29, 0.717) is 41.7 Å². The molecule has 1 aromatic heterocycles. The Kier molecular flexibility index (Phi) is 6.05. The fourth-order valence-electron chi connectivity index (χ4n) is 8.87. The van der Waals surface area contributed by atoms with Gasteiger partial charge in [0.2, 0.25) is 0 Å². The molecule has 0 bridgehead atoms. The van der Waals surface area contributed by atoms with Crippen LogP contribution in [-0.4, -0.2) is 35.9 Å². The van der Waals surface area contributed by atoms with E-state index in [1.165, 1.54) is 24.8 Å². The summed E-state index contributed by atoms with van der Waals surface area (Å²) >= 11 is 0. The number of hydrogen-bond donors (Lipinski definition) is 3. The van der Waals surface area contributed by atoms with Crippen molar-refractivity contribution in [2.45, 2.75) is 95.7 Å². The lowest BCUT2D eigenvalue weighted by Crippen LogP contribution is -2.62. The lowest BCUT2D eigenvalue weighted by molar-refractivity contribution is -0.207. The minimum absolute atomic E-state index is 0.0447. The van der Waals surface area contributed by atoms with Crippen molar-refractivity contribution in [3.05, 3.63) is 24.2 Å². The van der Waals surface area contributed by atoms with Crippen LogP contribution in [0.1, 0.15) is 89.5 Å². The van der Waals surface area contributed by atoms with Crippen LogP contribution >= 0.6 is 0 Å². The lowest BCUT2D eigenvalue weighted by Gasteiger charge is -2.63. The summed E-state index contributed by atoms with van der Waals surface area (Å²) in [6.07, 6.45) is 15.2. The van der Waals surface area contributed by atoms with Crippen LogP contribution < -0.4 is 11.5 Å². The number of hydrogen-bond acceptors (Lipinski definition) is 4. The summed E-state index contributed by atoms with van der Waals surface area (Å²) in [5.41, 5.74) is 11.8. The molecule has 5 rings (SSSR count). The summed E-state index contributed by atoms with van der Waals surface area (Å²) in [6.45, 7) is 6.27. The summed E-state index contributed by atoms with van der Waals surface area (Å²) in [5.74, 6) is 2.32. The van der Waals surface area contributed by atoms with Crippen molar-refractivity contribution >= 4 is 5.96 Å². The molecule has 4 aliphatic carbocycles. The first-order valence-electron chi connectivity index (χ1n) is 13.2. The molecule has 4 saturated carbocycles. The summed E-state index contributed by atoms with van der Waals surface area (Å²) < 4.78 is 11.7. The smallest absolute Gasteiger partial charge is 0.185 e. The Hall–Kier alpha value is -1.53. The molecule has 0 aromatic carbocycles. The molecule has 4 fully saturated rings. The van der Waals surface area contributed by atoms with E-state index in [2.05, 4.69) is 24.9 Å². The number of rotatable bonds is 6. The van der Waals surface area contributed by atoms with Gasteiger partial charge in [-0.2, -0.15) is 0 Å². The van der Waals surface area contributed by atoms with Crippen LogP contribution in [0.4, 0.5) is 0 Å². The van der Waals surface area contributed by atoms with Gasteiger partial charge in [-0.1, -0.05) is 13.8 Å². The maximum atomic E-state index is 12.3. The monoisotopic (exact) mass is 457 g/mol. The van der Waals surface area contributed by atoms with Gasteiger partial charge in [-0.25, -0.2) is 0 Å². The van der Waals surface area contributed by atoms with Gasteiger partial charge in [0.25, 0.3) is 0 Å². The second kappa shape index (κ2) is 8.60. The average molecular weight is 458 g/mol. The number of ether oxygens (including phenoxy) is 1. The van der Waals surface area contributed by atoms with Crippen LogP contribution in [0.15, 0.2) is 28.0 Å². The van der Waals surface area contributed by atoms with Crippen molar-refractivity contribution in [2.24, 2.45) is 45.0 Å². The quantitative estimate of drug-likeness (QED) is 0.329. The number of fused-ring (bicyclic) bond motifs is 5. The number of aliphatic imine (C=N–C) groups is 1. The zero-order valence-electron chi connectivity index (χ0n) is 20.5. The zero-order chi connectivity index (χ0) is 23.3. The van der Waals surface area contributed by atoms with Crippen LogP contribution in [0.3, 0.4) is 0 Å². The Labute approximate surface area is 198 Å². The van der Waals surface area contributed by atoms with E-state index >= 15 is 0 Å². The molecule has 0 spiro atoms. The molecule has 6 nitrogen and oxygen atoms in total. The fraction of sp³-hybridized carbons (Fsp3) is 0.815. The van der Waals surface area contributed by atoms with Crippen molar-refractivity contribution in [2.75, 3.05) is 13.2 Å². The Morgan fingerprint density at radius 2 is 1.97 bits per heavy atom. The second-order valence-electron chi connectivity index (χ2n) is 11.9. The minimum Gasteiger partial charge on any atom is -0.472 e. The summed E-state index contributed by atoms with van der Waals surface area (Å²) in [6, 6.07) is 2.12. The molecule has 0 radical (unpaired) electrons. The van der Waals surface area contributed by atoms with Gasteiger partial charge >= 0.3 is 0 Å². The van der Waals surface area contributed by atoms with Crippen molar-refractivity contribution in [1.29, 1.82) is 0 Å².